The Balaban J connectivity index is 2.32. The van der Waals surface area contributed by atoms with Crippen LogP contribution in [-0.2, 0) is 0 Å². The first-order valence-electron chi connectivity index (χ1n) is 6.13. The molecule has 0 aliphatic heterocycles. The van der Waals surface area contributed by atoms with Gasteiger partial charge in [-0.2, -0.15) is 0 Å². The van der Waals surface area contributed by atoms with Crippen molar-refractivity contribution in [2.45, 2.75) is 20.8 Å². The Hall–Kier alpha value is -1.80. The fourth-order valence-electron chi connectivity index (χ4n) is 2.08. The van der Waals surface area contributed by atoms with Gasteiger partial charge in [0.25, 0.3) is 5.91 Å². The summed E-state index contributed by atoms with van der Waals surface area (Å²) in [6.07, 6.45) is 0. The third-order valence-electron chi connectivity index (χ3n) is 3.06. The zero-order valence-electron chi connectivity index (χ0n) is 11.3. The Labute approximate surface area is 118 Å². The van der Waals surface area contributed by atoms with E-state index in [9.17, 15) is 4.79 Å². The van der Waals surface area contributed by atoms with Crippen molar-refractivity contribution in [1.82, 2.24) is 0 Å². The van der Waals surface area contributed by atoms with Crippen molar-refractivity contribution in [3.63, 3.8) is 0 Å². The molecule has 3 heteroatoms. The molecule has 0 heterocycles. The van der Waals surface area contributed by atoms with Crippen LogP contribution >= 0.6 is 11.6 Å². The molecule has 98 valence electrons. The molecule has 0 unspecified atom stereocenters. The van der Waals surface area contributed by atoms with Crippen molar-refractivity contribution in [2.24, 2.45) is 0 Å². The van der Waals surface area contributed by atoms with E-state index < -0.39 is 0 Å². The molecule has 2 rings (SSSR count). The van der Waals surface area contributed by atoms with Gasteiger partial charge in [-0.1, -0.05) is 35.9 Å². The van der Waals surface area contributed by atoms with Gasteiger partial charge in [-0.05, 0) is 49.6 Å². The Morgan fingerprint density at radius 3 is 2.37 bits per heavy atom. The second-order valence-corrected chi connectivity index (χ2v) is 5.11. The number of aryl methyl sites for hydroxylation is 3. The van der Waals surface area contributed by atoms with Crippen molar-refractivity contribution in [3.8, 4) is 0 Å². The molecule has 0 radical (unpaired) electrons. The van der Waals surface area contributed by atoms with Gasteiger partial charge >= 0.3 is 0 Å². The van der Waals surface area contributed by atoms with Crippen LogP contribution in [0.3, 0.4) is 0 Å². The molecule has 1 amide bonds. The highest BCUT2D eigenvalue weighted by Gasteiger charge is 2.12. The van der Waals surface area contributed by atoms with Crippen molar-refractivity contribution in [1.29, 1.82) is 0 Å². The summed E-state index contributed by atoms with van der Waals surface area (Å²) in [5, 5.41) is 3.46. The van der Waals surface area contributed by atoms with Crippen LogP contribution in [0.15, 0.2) is 36.4 Å². The summed E-state index contributed by atoms with van der Waals surface area (Å²) in [5.41, 5.74) is 4.34. The summed E-state index contributed by atoms with van der Waals surface area (Å²) < 4.78 is 0. The number of carbonyl (C=O) groups is 1. The standard InChI is InChI=1S/C16H16ClNO/c1-10-8-12(3)15(14(17)9-10)18-16(19)13-7-5-4-6-11(13)2/h4-9H,1-3H3,(H,18,19). The van der Waals surface area contributed by atoms with Gasteiger partial charge in [0, 0.05) is 5.56 Å². The van der Waals surface area contributed by atoms with E-state index in [0.29, 0.717) is 16.3 Å². The Morgan fingerprint density at radius 1 is 1.05 bits per heavy atom. The maximum atomic E-state index is 12.3. The summed E-state index contributed by atoms with van der Waals surface area (Å²) in [6, 6.07) is 11.3. The van der Waals surface area contributed by atoms with Gasteiger partial charge < -0.3 is 5.32 Å². The van der Waals surface area contributed by atoms with Crippen LogP contribution in [0.1, 0.15) is 27.0 Å². The van der Waals surface area contributed by atoms with Gasteiger partial charge in [0.1, 0.15) is 0 Å². The van der Waals surface area contributed by atoms with E-state index in [1.165, 1.54) is 0 Å². The van der Waals surface area contributed by atoms with Crippen molar-refractivity contribution < 1.29 is 4.79 Å². The highest BCUT2D eigenvalue weighted by atomic mass is 35.5. The van der Waals surface area contributed by atoms with Crippen LogP contribution in [0.25, 0.3) is 0 Å². The lowest BCUT2D eigenvalue weighted by Gasteiger charge is -2.12. The lowest BCUT2D eigenvalue weighted by Crippen LogP contribution is -2.14. The molecule has 0 fully saturated rings. The second-order valence-electron chi connectivity index (χ2n) is 4.71. The molecule has 19 heavy (non-hydrogen) atoms. The normalized spacial score (nSPS) is 10.3. The van der Waals surface area contributed by atoms with E-state index in [2.05, 4.69) is 5.32 Å². The predicted octanol–water partition coefficient (Wildman–Crippen LogP) is 4.52. The third kappa shape index (κ3) is 2.96. The Bertz CT molecular complexity index is 611. The summed E-state index contributed by atoms with van der Waals surface area (Å²) in [4.78, 5) is 12.3. The predicted molar refractivity (Wildman–Crippen MR) is 80.1 cm³/mol. The van der Waals surface area contributed by atoms with Gasteiger partial charge in [0.2, 0.25) is 0 Å². The van der Waals surface area contributed by atoms with Gasteiger partial charge in [-0.15, -0.1) is 0 Å². The van der Waals surface area contributed by atoms with Gasteiger partial charge in [-0.25, -0.2) is 0 Å². The lowest BCUT2D eigenvalue weighted by atomic mass is 10.1. The number of nitrogens with one attached hydrogen (secondary N) is 1. The number of rotatable bonds is 2. The smallest absolute Gasteiger partial charge is 0.255 e. The van der Waals surface area contributed by atoms with Gasteiger partial charge in [-0.3, -0.25) is 4.79 Å². The van der Waals surface area contributed by atoms with Crippen molar-refractivity contribution in [2.75, 3.05) is 5.32 Å². The zero-order valence-corrected chi connectivity index (χ0v) is 12.0. The number of hydrogen-bond acceptors (Lipinski definition) is 1. The fraction of sp³-hybridized carbons (Fsp3) is 0.188. The first-order valence-corrected chi connectivity index (χ1v) is 6.50. The van der Waals surface area contributed by atoms with E-state index >= 15 is 0 Å². The summed E-state index contributed by atoms with van der Waals surface area (Å²) in [7, 11) is 0. The molecule has 0 atom stereocenters. The maximum Gasteiger partial charge on any atom is 0.255 e. The van der Waals surface area contributed by atoms with E-state index in [4.69, 9.17) is 11.6 Å². The molecule has 0 aliphatic carbocycles. The fourth-order valence-corrected chi connectivity index (χ4v) is 2.45. The molecule has 0 aliphatic rings. The number of carbonyl (C=O) groups excluding carboxylic acids is 1. The van der Waals surface area contributed by atoms with Crippen LogP contribution < -0.4 is 5.32 Å². The molecule has 0 aromatic heterocycles. The van der Waals surface area contributed by atoms with Gasteiger partial charge in [0.05, 0.1) is 10.7 Å². The number of benzene rings is 2. The van der Waals surface area contributed by atoms with E-state index in [1.54, 1.807) is 0 Å². The molecule has 0 bridgehead atoms. The quantitative estimate of drug-likeness (QED) is 0.856. The molecular formula is C16H16ClNO. The largest absolute Gasteiger partial charge is 0.320 e. The third-order valence-corrected chi connectivity index (χ3v) is 3.36. The van der Waals surface area contributed by atoms with Gasteiger partial charge in [0.15, 0.2) is 0 Å². The molecule has 0 saturated carbocycles. The van der Waals surface area contributed by atoms with Crippen LogP contribution in [0, 0.1) is 20.8 Å². The minimum absolute atomic E-state index is 0.132. The van der Waals surface area contributed by atoms with E-state index in [-0.39, 0.29) is 5.91 Å². The molecule has 2 aromatic carbocycles. The van der Waals surface area contributed by atoms with Crippen LogP contribution in [0.4, 0.5) is 5.69 Å². The molecule has 2 nitrogen and oxygen atoms in total. The lowest BCUT2D eigenvalue weighted by molar-refractivity contribution is 0.102. The van der Waals surface area contributed by atoms with Crippen LogP contribution in [-0.4, -0.2) is 5.91 Å². The molecule has 0 spiro atoms. The SMILES string of the molecule is Cc1cc(C)c(NC(=O)c2ccccc2C)c(Cl)c1. The first kappa shape index (κ1) is 13.6. The minimum Gasteiger partial charge on any atom is -0.320 e. The molecular weight excluding hydrogens is 258 g/mol. The molecule has 0 saturated heterocycles. The second kappa shape index (κ2) is 5.45. The maximum absolute atomic E-state index is 12.3. The highest BCUT2D eigenvalue weighted by Crippen LogP contribution is 2.28. The average molecular weight is 274 g/mol. The van der Waals surface area contributed by atoms with Crippen LogP contribution in [0.5, 0.6) is 0 Å². The highest BCUT2D eigenvalue weighted by molar-refractivity contribution is 6.34. The van der Waals surface area contributed by atoms with E-state index in [1.807, 2.05) is 57.2 Å². The molecule has 1 N–H and O–H groups in total. The Morgan fingerprint density at radius 2 is 1.74 bits per heavy atom. The number of halogens is 1. The van der Waals surface area contributed by atoms with E-state index in [0.717, 1.165) is 16.7 Å². The minimum atomic E-state index is -0.132. The topological polar surface area (TPSA) is 29.1 Å². The summed E-state index contributed by atoms with van der Waals surface area (Å²) >= 11 is 6.19. The average Bonchev–Trinajstić information content (AvgIpc) is 2.34. The monoisotopic (exact) mass is 273 g/mol. The summed E-state index contributed by atoms with van der Waals surface area (Å²) in [5.74, 6) is -0.132. The van der Waals surface area contributed by atoms with Crippen molar-refractivity contribution in [3.05, 3.63) is 63.7 Å². The Kier molecular flexibility index (Phi) is 3.91. The number of anilines is 1. The van der Waals surface area contributed by atoms with Crippen LogP contribution in [0.2, 0.25) is 5.02 Å². The van der Waals surface area contributed by atoms with Crippen molar-refractivity contribution >= 4 is 23.2 Å². The first-order chi connectivity index (χ1) is 8.99. The number of amides is 1. The summed E-state index contributed by atoms with van der Waals surface area (Å²) in [6.45, 7) is 5.83. The number of hydrogen-bond donors (Lipinski definition) is 1. The molecule has 2 aromatic rings. The zero-order chi connectivity index (χ0) is 14.0.